The second-order valence-corrected chi connectivity index (χ2v) is 5.64. The second-order valence-electron chi connectivity index (χ2n) is 5.64. The third-order valence-electron chi connectivity index (χ3n) is 3.95. The van der Waals surface area contributed by atoms with Crippen molar-refractivity contribution in [1.29, 1.82) is 0 Å². The molecule has 122 valence electrons. The number of rotatable bonds is 4. The predicted octanol–water partition coefficient (Wildman–Crippen LogP) is 3.78. The molecule has 2 aromatic rings. The van der Waals surface area contributed by atoms with Gasteiger partial charge in [0.1, 0.15) is 0 Å². The Balaban J connectivity index is 2.00. The summed E-state index contributed by atoms with van der Waals surface area (Å²) in [4.78, 5) is 14.4. The minimum absolute atomic E-state index is 0.188. The summed E-state index contributed by atoms with van der Waals surface area (Å²) in [5, 5.41) is 0. The van der Waals surface area contributed by atoms with E-state index in [2.05, 4.69) is 13.5 Å². The number of nitrogens with two attached hydrogens (primary N) is 1. The number of nitrogens with zero attached hydrogens (tertiary/aromatic N) is 1. The maximum atomic E-state index is 12.7. The highest BCUT2D eigenvalue weighted by Gasteiger charge is 2.29. The summed E-state index contributed by atoms with van der Waals surface area (Å²) in [6, 6.07) is 13.3. The number of benzene rings is 2. The van der Waals surface area contributed by atoms with Crippen LogP contribution < -0.4 is 15.4 Å². The Bertz CT molecular complexity index is 807. The maximum absolute atomic E-state index is 12.7. The van der Waals surface area contributed by atoms with Gasteiger partial charge in [-0.25, -0.2) is 0 Å². The fourth-order valence-electron chi connectivity index (χ4n) is 2.64. The molecular formula is C20H20N2O2. The molecule has 0 fully saturated rings. The number of hydrogen-bond donors (Lipinski definition) is 1. The molecular weight excluding hydrogens is 300 g/mol. The molecule has 1 aliphatic heterocycles. The van der Waals surface area contributed by atoms with Crippen LogP contribution in [0.2, 0.25) is 0 Å². The molecule has 0 aromatic heterocycles. The Hall–Kier alpha value is -3.01. The summed E-state index contributed by atoms with van der Waals surface area (Å²) < 4.78 is 5.82. The molecule has 1 amide bonds. The summed E-state index contributed by atoms with van der Waals surface area (Å²) in [6.45, 7) is 6.24. The quantitative estimate of drug-likeness (QED) is 0.530. The van der Waals surface area contributed by atoms with Gasteiger partial charge in [0.25, 0.3) is 5.91 Å². The zero-order valence-corrected chi connectivity index (χ0v) is 13.7. The van der Waals surface area contributed by atoms with Gasteiger partial charge in [0.15, 0.2) is 11.5 Å². The van der Waals surface area contributed by atoms with Gasteiger partial charge >= 0.3 is 0 Å². The molecule has 0 spiro atoms. The van der Waals surface area contributed by atoms with Crippen molar-refractivity contribution in [2.24, 2.45) is 0 Å². The Morgan fingerprint density at radius 1 is 1.21 bits per heavy atom. The van der Waals surface area contributed by atoms with Crippen molar-refractivity contribution in [2.75, 3.05) is 17.2 Å². The minimum atomic E-state index is -0.188. The fraction of sp³-hybridized carbons (Fsp3) is 0.150. The minimum Gasteiger partial charge on any atom is -0.449 e. The van der Waals surface area contributed by atoms with Crippen molar-refractivity contribution in [2.45, 2.75) is 13.3 Å². The molecule has 0 atom stereocenters. The van der Waals surface area contributed by atoms with E-state index in [0.29, 0.717) is 23.7 Å². The van der Waals surface area contributed by atoms with Gasteiger partial charge in [-0.1, -0.05) is 37.3 Å². The molecule has 0 unspecified atom stereocenters. The average molecular weight is 320 g/mol. The van der Waals surface area contributed by atoms with Crippen LogP contribution in [0.3, 0.4) is 0 Å². The third-order valence-corrected chi connectivity index (χ3v) is 3.95. The molecule has 0 aliphatic carbocycles. The van der Waals surface area contributed by atoms with Crippen LogP contribution in [0.15, 0.2) is 60.9 Å². The van der Waals surface area contributed by atoms with Gasteiger partial charge < -0.3 is 10.5 Å². The number of carbonyl (C=O) groups is 1. The summed E-state index contributed by atoms with van der Waals surface area (Å²) >= 11 is 0. The lowest BCUT2D eigenvalue weighted by atomic mass is 10.1. The Morgan fingerprint density at radius 3 is 2.62 bits per heavy atom. The third kappa shape index (κ3) is 3.04. The van der Waals surface area contributed by atoms with Crippen molar-refractivity contribution in [3.8, 4) is 5.75 Å². The van der Waals surface area contributed by atoms with Gasteiger partial charge in [-0.15, -0.1) is 6.58 Å². The number of aryl methyl sites for hydroxylation is 1. The lowest BCUT2D eigenvalue weighted by molar-refractivity contribution is -0.117. The molecule has 4 heteroatoms. The number of carbonyl (C=O) groups excluding carboxylic acids is 1. The molecule has 24 heavy (non-hydrogen) atoms. The van der Waals surface area contributed by atoms with Crippen LogP contribution in [0.25, 0.3) is 6.08 Å². The standard InChI is InChI=1S/C20H20N2O2/c1-3-11-22-17-10-9-16(21)13-18(17)24-19(20(22)23)12-15-7-5-14(4-2)6-8-15/h3,5-10,12-13H,1,4,11,21H2,2H3/b19-12+. The van der Waals surface area contributed by atoms with Crippen molar-refractivity contribution in [3.05, 3.63) is 72.0 Å². The van der Waals surface area contributed by atoms with Gasteiger partial charge in [0.05, 0.1) is 5.69 Å². The molecule has 2 N–H and O–H groups in total. The number of hydrogen-bond acceptors (Lipinski definition) is 3. The van der Waals surface area contributed by atoms with Gasteiger partial charge in [0, 0.05) is 18.3 Å². The van der Waals surface area contributed by atoms with Crippen LogP contribution in [0.5, 0.6) is 5.75 Å². The zero-order valence-electron chi connectivity index (χ0n) is 13.7. The highest BCUT2D eigenvalue weighted by atomic mass is 16.5. The molecule has 0 bridgehead atoms. The average Bonchev–Trinajstić information content (AvgIpc) is 2.59. The highest BCUT2D eigenvalue weighted by Crippen LogP contribution is 2.37. The number of anilines is 2. The molecule has 1 heterocycles. The van der Waals surface area contributed by atoms with Gasteiger partial charge in [-0.05, 0) is 35.8 Å². The lowest BCUT2D eigenvalue weighted by Crippen LogP contribution is -2.37. The second kappa shape index (κ2) is 6.62. The van der Waals surface area contributed by atoms with E-state index in [-0.39, 0.29) is 11.7 Å². The first kappa shape index (κ1) is 15.9. The van der Waals surface area contributed by atoms with Gasteiger partial charge in [-0.3, -0.25) is 9.69 Å². The smallest absolute Gasteiger partial charge is 0.294 e. The topological polar surface area (TPSA) is 55.6 Å². The van der Waals surface area contributed by atoms with E-state index >= 15 is 0 Å². The van der Waals surface area contributed by atoms with E-state index < -0.39 is 0 Å². The zero-order chi connectivity index (χ0) is 17.1. The van der Waals surface area contributed by atoms with E-state index in [1.165, 1.54) is 5.56 Å². The van der Waals surface area contributed by atoms with Crippen LogP contribution >= 0.6 is 0 Å². The van der Waals surface area contributed by atoms with E-state index in [0.717, 1.165) is 12.0 Å². The number of amides is 1. The van der Waals surface area contributed by atoms with E-state index in [1.54, 1.807) is 35.3 Å². The van der Waals surface area contributed by atoms with Gasteiger partial charge in [0.2, 0.25) is 0 Å². The molecule has 2 aromatic carbocycles. The van der Waals surface area contributed by atoms with Crippen LogP contribution in [-0.2, 0) is 11.2 Å². The number of ether oxygens (including phenoxy) is 1. The first-order valence-electron chi connectivity index (χ1n) is 7.93. The molecule has 3 rings (SSSR count). The molecule has 0 saturated heterocycles. The van der Waals surface area contributed by atoms with Crippen molar-refractivity contribution in [1.82, 2.24) is 0 Å². The molecule has 0 saturated carbocycles. The fourth-order valence-corrected chi connectivity index (χ4v) is 2.64. The van der Waals surface area contributed by atoms with Crippen LogP contribution in [0, 0.1) is 0 Å². The largest absolute Gasteiger partial charge is 0.449 e. The first-order valence-corrected chi connectivity index (χ1v) is 7.93. The van der Waals surface area contributed by atoms with E-state index in [9.17, 15) is 4.79 Å². The Morgan fingerprint density at radius 2 is 1.96 bits per heavy atom. The summed E-state index contributed by atoms with van der Waals surface area (Å²) in [5.41, 5.74) is 9.30. The van der Waals surface area contributed by atoms with E-state index in [4.69, 9.17) is 10.5 Å². The highest BCUT2D eigenvalue weighted by molar-refractivity contribution is 6.10. The summed E-state index contributed by atoms with van der Waals surface area (Å²) in [5.74, 6) is 0.666. The van der Waals surface area contributed by atoms with Crippen LogP contribution in [0.1, 0.15) is 18.1 Å². The number of nitrogen functional groups attached to an aromatic ring is 1. The molecule has 4 nitrogen and oxygen atoms in total. The molecule has 1 aliphatic rings. The van der Waals surface area contributed by atoms with Crippen LogP contribution in [-0.4, -0.2) is 12.5 Å². The van der Waals surface area contributed by atoms with Crippen LogP contribution in [0.4, 0.5) is 11.4 Å². The van der Waals surface area contributed by atoms with Crippen molar-refractivity contribution in [3.63, 3.8) is 0 Å². The lowest BCUT2D eigenvalue weighted by Gasteiger charge is -2.29. The monoisotopic (exact) mass is 320 g/mol. The predicted molar refractivity (Wildman–Crippen MR) is 97.8 cm³/mol. The van der Waals surface area contributed by atoms with Gasteiger partial charge in [-0.2, -0.15) is 0 Å². The van der Waals surface area contributed by atoms with Crippen molar-refractivity contribution >= 4 is 23.4 Å². The maximum Gasteiger partial charge on any atom is 0.294 e. The SMILES string of the molecule is C=CCN1C(=O)/C(=C\c2ccc(CC)cc2)Oc2cc(N)ccc21. The number of fused-ring (bicyclic) bond motifs is 1. The Kier molecular flexibility index (Phi) is 4.38. The van der Waals surface area contributed by atoms with Crippen molar-refractivity contribution < 1.29 is 9.53 Å². The normalized spacial score (nSPS) is 15.1. The molecule has 0 radical (unpaired) electrons. The summed E-state index contributed by atoms with van der Waals surface area (Å²) in [6.07, 6.45) is 4.42. The Labute approximate surface area is 141 Å². The summed E-state index contributed by atoms with van der Waals surface area (Å²) in [7, 11) is 0. The first-order chi connectivity index (χ1) is 11.6. The van der Waals surface area contributed by atoms with E-state index in [1.807, 2.05) is 24.3 Å².